The van der Waals surface area contributed by atoms with Crippen molar-refractivity contribution in [1.29, 1.82) is 0 Å². The van der Waals surface area contributed by atoms with Crippen LogP contribution in [0.15, 0.2) is 36.5 Å². The molecule has 5 nitrogen and oxygen atoms in total. The van der Waals surface area contributed by atoms with Crippen molar-refractivity contribution >= 4 is 5.95 Å². The maximum Gasteiger partial charge on any atom is 0.229 e. The Labute approximate surface area is 124 Å². The molecule has 1 heterocycles. The second-order valence-corrected chi connectivity index (χ2v) is 5.07. The molecule has 1 saturated carbocycles. The van der Waals surface area contributed by atoms with Crippen LogP contribution in [0.3, 0.4) is 0 Å². The van der Waals surface area contributed by atoms with E-state index in [1.54, 1.807) is 26.5 Å². The lowest BCUT2D eigenvalue weighted by Crippen LogP contribution is -2.27. The van der Waals surface area contributed by atoms with E-state index in [9.17, 15) is 0 Å². The maximum atomic E-state index is 5.43. The Morgan fingerprint density at radius 2 is 1.95 bits per heavy atom. The quantitative estimate of drug-likeness (QED) is 0.816. The predicted octanol–water partition coefficient (Wildman–Crippen LogP) is 2.66. The van der Waals surface area contributed by atoms with Gasteiger partial charge < -0.3 is 14.4 Å². The molecule has 0 saturated heterocycles. The number of rotatable bonds is 6. The minimum Gasteiger partial charge on any atom is -0.496 e. The zero-order chi connectivity index (χ0) is 14.7. The molecule has 0 atom stereocenters. The summed E-state index contributed by atoms with van der Waals surface area (Å²) in [6, 6.07) is 10.3. The first kappa shape index (κ1) is 13.7. The average Bonchev–Trinajstić information content (AvgIpc) is 3.37. The number of hydrogen-bond donors (Lipinski definition) is 0. The molecule has 0 bridgehead atoms. The molecule has 1 aliphatic carbocycles. The van der Waals surface area contributed by atoms with E-state index in [0.717, 1.165) is 17.9 Å². The number of benzene rings is 1. The lowest BCUT2D eigenvalue weighted by Gasteiger charge is -2.23. The topological polar surface area (TPSA) is 47.5 Å². The fraction of sp³-hybridized carbons (Fsp3) is 0.375. The molecular weight excluding hydrogens is 266 g/mol. The SMILES string of the molecule is COc1ccnc(N(Cc2ccccc2OC)C2CC2)n1. The second-order valence-electron chi connectivity index (χ2n) is 5.07. The summed E-state index contributed by atoms with van der Waals surface area (Å²) >= 11 is 0. The number of para-hydroxylation sites is 1. The maximum absolute atomic E-state index is 5.43. The highest BCUT2D eigenvalue weighted by Gasteiger charge is 2.31. The van der Waals surface area contributed by atoms with Gasteiger partial charge in [-0.25, -0.2) is 4.98 Å². The van der Waals surface area contributed by atoms with Crippen molar-refractivity contribution in [2.45, 2.75) is 25.4 Å². The largest absolute Gasteiger partial charge is 0.496 e. The van der Waals surface area contributed by atoms with E-state index in [-0.39, 0.29) is 0 Å². The third kappa shape index (κ3) is 3.07. The van der Waals surface area contributed by atoms with Gasteiger partial charge >= 0.3 is 0 Å². The minimum atomic E-state index is 0.502. The van der Waals surface area contributed by atoms with E-state index in [2.05, 4.69) is 20.9 Å². The van der Waals surface area contributed by atoms with Crippen molar-refractivity contribution in [2.24, 2.45) is 0 Å². The van der Waals surface area contributed by atoms with Crippen molar-refractivity contribution < 1.29 is 9.47 Å². The van der Waals surface area contributed by atoms with Crippen LogP contribution in [0.5, 0.6) is 11.6 Å². The van der Waals surface area contributed by atoms with Gasteiger partial charge in [-0.15, -0.1) is 0 Å². The molecule has 2 aromatic rings. The summed E-state index contributed by atoms with van der Waals surface area (Å²) in [6.07, 6.45) is 4.09. The van der Waals surface area contributed by atoms with Crippen molar-refractivity contribution in [3.8, 4) is 11.6 Å². The van der Waals surface area contributed by atoms with E-state index in [4.69, 9.17) is 9.47 Å². The molecule has 0 unspecified atom stereocenters. The summed E-state index contributed by atoms with van der Waals surface area (Å²) in [5, 5.41) is 0. The summed E-state index contributed by atoms with van der Waals surface area (Å²) in [5.74, 6) is 2.19. The summed E-state index contributed by atoms with van der Waals surface area (Å²) in [6.45, 7) is 0.738. The summed E-state index contributed by atoms with van der Waals surface area (Å²) in [7, 11) is 3.32. The zero-order valence-electron chi connectivity index (χ0n) is 12.3. The third-order valence-corrected chi connectivity index (χ3v) is 3.60. The van der Waals surface area contributed by atoms with Crippen LogP contribution < -0.4 is 14.4 Å². The first-order chi connectivity index (χ1) is 10.3. The highest BCUT2D eigenvalue weighted by molar-refractivity contribution is 5.41. The van der Waals surface area contributed by atoms with Crippen LogP contribution >= 0.6 is 0 Å². The molecular formula is C16H19N3O2. The summed E-state index contributed by atoms with van der Waals surface area (Å²) in [4.78, 5) is 11.1. The van der Waals surface area contributed by atoms with Gasteiger partial charge in [0.2, 0.25) is 11.8 Å². The Morgan fingerprint density at radius 1 is 1.14 bits per heavy atom. The molecule has 1 aliphatic rings. The number of nitrogens with zero attached hydrogens (tertiary/aromatic N) is 3. The van der Waals surface area contributed by atoms with Crippen LogP contribution in [0.25, 0.3) is 0 Å². The molecule has 0 amide bonds. The van der Waals surface area contributed by atoms with Gasteiger partial charge in [-0.2, -0.15) is 4.98 Å². The second kappa shape index (κ2) is 5.99. The van der Waals surface area contributed by atoms with Crippen molar-refractivity contribution in [2.75, 3.05) is 19.1 Å². The van der Waals surface area contributed by atoms with Gasteiger partial charge in [0.25, 0.3) is 0 Å². The monoisotopic (exact) mass is 285 g/mol. The fourth-order valence-electron chi connectivity index (χ4n) is 2.35. The molecule has 3 rings (SSSR count). The normalized spacial score (nSPS) is 13.8. The average molecular weight is 285 g/mol. The number of ether oxygens (including phenoxy) is 2. The Kier molecular flexibility index (Phi) is 3.90. The van der Waals surface area contributed by atoms with E-state index >= 15 is 0 Å². The van der Waals surface area contributed by atoms with Gasteiger partial charge in [0.05, 0.1) is 14.2 Å². The van der Waals surface area contributed by atoms with Crippen LogP contribution in [0.1, 0.15) is 18.4 Å². The lowest BCUT2D eigenvalue weighted by atomic mass is 10.2. The first-order valence-electron chi connectivity index (χ1n) is 7.07. The number of anilines is 1. The van der Waals surface area contributed by atoms with E-state index in [1.807, 2.05) is 18.2 Å². The van der Waals surface area contributed by atoms with Gasteiger partial charge in [0, 0.05) is 30.4 Å². The molecule has 21 heavy (non-hydrogen) atoms. The van der Waals surface area contributed by atoms with Crippen LogP contribution in [0.2, 0.25) is 0 Å². The van der Waals surface area contributed by atoms with Crippen LogP contribution in [0.4, 0.5) is 5.95 Å². The van der Waals surface area contributed by atoms with E-state index in [0.29, 0.717) is 17.9 Å². The molecule has 1 aromatic heterocycles. The Morgan fingerprint density at radius 3 is 2.67 bits per heavy atom. The minimum absolute atomic E-state index is 0.502. The molecule has 0 radical (unpaired) electrons. The highest BCUT2D eigenvalue weighted by atomic mass is 16.5. The molecule has 0 N–H and O–H groups in total. The molecule has 0 aliphatic heterocycles. The van der Waals surface area contributed by atoms with Crippen molar-refractivity contribution in [3.63, 3.8) is 0 Å². The van der Waals surface area contributed by atoms with Crippen LogP contribution in [-0.4, -0.2) is 30.2 Å². The summed E-state index contributed by atoms with van der Waals surface area (Å²) in [5.41, 5.74) is 1.14. The molecule has 0 spiro atoms. The number of aromatic nitrogens is 2. The van der Waals surface area contributed by atoms with Gasteiger partial charge in [0.1, 0.15) is 5.75 Å². The molecule has 110 valence electrons. The Hall–Kier alpha value is -2.30. The van der Waals surface area contributed by atoms with E-state index < -0.39 is 0 Å². The third-order valence-electron chi connectivity index (χ3n) is 3.60. The van der Waals surface area contributed by atoms with Crippen LogP contribution in [0, 0.1) is 0 Å². The predicted molar refractivity (Wildman–Crippen MR) is 80.8 cm³/mol. The van der Waals surface area contributed by atoms with Crippen molar-refractivity contribution in [3.05, 3.63) is 42.1 Å². The number of hydrogen-bond acceptors (Lipinski definition) is 5. The Balaban J connectivity index is 1.88. The van der Waals surface area contributed by atoms with Crippen LogP contribution in [-0.2, 0) is 6.54 Å². The number of methoxy groups -OCH3 is 2. The Bertz CT molecular complexity index is 614. The fourth-order valence-corrected chi connectivity index (χ4v) is 2.35. The van der Waals surface area contributed by atoms with Gasteiger partial charge in [-0.3, -0.25) is 0 Å². The zero-order valence-corrected chi connectivity index (χ0v) is 12.3. The molecule has 1 aromatic carbocycles. The highest BCUT2D eigenvalue weighted by Crippen LogP contribution is 2.33. The van der Waals surface area contributed by atoms with Crippen molar-refractivity contribution in [1.82, 2.24) is 9.97 Å². The smallest absolute Gasteiger partial charge is 0.229 e. The van der Waals surface area contributed by atoms with Gasteiger partial charge in [-0.1, -0.05) is 18.2 Å². The van der Waals surface area contributed by atoms with E-state index in [1.165, 1.54) is 12.8 Å². The lowest BCUT2D eigenvalue weighted by molar-refractivity contribution is 0.396. The molecule has 5 heteroatoms. The molecule has 1 fully saturated rings. The summed E-state index contributed by atoms with van der Waals surface area (Å²) < 4.78 is 10.6. The first-order valence-corrected chi connectivity index (χ1v) is 7.07. The standard InChI is InChI=1S/C16H19N3O2/c1-20-14-6-4-3-5-12(14)11-19(13-7-8-13)16-17-10-9-15(18-16)21-2/h3-6,9-10,13H,7-8,11H2,1-2H3. The van der Waals surface area contributed by atoms with Gasteiger partial charge in [-0.05, 0) is 18.9 Å². The van der Waals surface area contributed by atoms with Gasteiger partial charge in [0.15, 0.2) is 0 Å².